The highest BCUT2D eigenvalue weighted by Crippen LogP contribution is 2.30. The molecule has 0 saturated heterocycles. The monoisotopic (exact) mass is 579 g/mol. The summed E-state index contributed by atoms with van der Waals surface area (Å²) in [6, 6.07) is 20.2. The van der Waals surface area contributed by atoms with E-state index in [2.05, 4.69) is 5.32 Å². The second kappa shape index (κ2) is 13.1. The van der Waals surface area contributed by atoms with Crippen LogP contribution < -0.4 is 5.32 Å². The number of hydrogen-bond donors (Lipinski definition) is 1. The Morgan fingerprint density at radius 2 is 1.63 bits per heavy atom. The molecule has 0 aromatic heterocycles. The second-order valence-corrected chi connectivity index (χ2v) is 11.9. The minimum Gasteiger partial charge on any atom is -0.352 e. The van der Waals surface area contributed by atoms with Gasteiger partial charge in [-0.1, -0.05) is 67.6 Å². The van der Waals surface area contributed by atoms with Crippen LogP contribution in [0.4, 0.5) is 4.39 Å². The van der Waals surface area contributed by atoms with Crippen LogP contribution in [0.5, 0.6) is 0 Å². The van der Waals surface area contributed by atoms with Crippen molar-refractivity contribution < 1.29 is 27.2 Å². The molecule has 3 aromatic carbocycles. The van der Waals surface area contributed by atoms with E-state index in [1.54, 1.807) is 30.3 Å². The van der Waals surface area contributed by atoms with Crippen LogP contribution in [0, 0.1) is 5.82 Å². The Bertz CT molecular complexity index is 1510. The Kier molecular flexibility index (Phi) is 9.54. The molecule has 2 unspecified atom stereocenters. The lowest BCUT2D eigenvalue weighted by atomic mass is 10.0. The summed E-state index contributed by atoms with van der Waals surface area (Å²) in [7, 11) is -4.01. The normalized spacial score (nSPS) is 15.2. The fraction of sp³-hybridized carbons (Fsp3) is 0.323. The first-order valence-corrected chi connectivity index (χ1v) is 15.1. The molecule has 3 amide bonds. The van der Waals surface area contributed by atoms with E-state index in [0.29, 0.717) is 6.42 Å². The van der Waals surface area contributed by atoms with E-state index in [0.717, 1.165) is 9.87 Å². The fourth-order valence-corrected chi connectivity index (χ4v) is 6.38. The molecule has 0 radical (unpaired) electrons. The highest BCUT2D eigenvalue weighted by Gasteiger charge is 2.40. The summed E-state index contributed by atoms with van der Waals surface area (Å²) < 4.78 is 41.4. The molecule has 216 valence electrons. The Balaban J connectivity index is 1.58. The minimum atomic E-state index is -4.01. The van der Waals surface area contributed by atoms with Gasteiger partial charge in [0.05, 0.1) is 5.56 Å². The van der Waals surface area contributed by atoms with Crippen molar-refractivity contribution in [1.82, 2.24) is 14.5 Å². The van der Waals surface area contributed by atoms with Crippen molar-refractivity contribution >= 4 is 27.7 Å². The van der Waals surface area contributed by atoms with Crippen LogP contribution in [0.2, 0.25) is 0 Å². The van der Waals surface area contributed by atoms with Crippen LogP contribution in [-0.4, -0.2) is 54.0 Å². The lowest BCUT2D eigenvalue weighted by Crippen LogP contribution is -2.52. The lowest BCUT2D eigenvalue weighted by molar-refractivity contribution is -0.141. The molecular formula is C31H34FN3O5S. The van der Waals surface area contributed by atoms with Crippen molar-refractivity contribution in [2.75, 3.05) is 6.54 Å². The summed E-state index contributed by atoms with van der Waals surface area (Å²) in [6.45, 7) is 3.46. The summed E-state index contributed by atoms with van der Waals surface area (Å²) in [5.41, 5.74) is 1.18. The van der Waals surface area contributed by atoms with Gasteiger partial charge >= 0.3 is 0 Å². The van der Waals surface area contributed by atoms with Crippen molar-refractivity contribution in [3.05, 3.63) is 101 Å². The topological polar surface area (TPSA) is 104 Å². The van der Waals surface area contributed by atoms with Gasteiger partial charge in [0.15, 0.2) is 0 Å². The molecule has 1 N–H and O–H groups in total. The van der Waals surface area contributed by atoms with Gasteiger partial charge in [0.1, 0.15) is 16.8 Å². The largest absolute Gasteiger partial charge is 0.352 e. The smallest absolute Gasteiger partial charge is 0.269 e. The number of benzene rings is 3. The first kappa shape index (κ1) is 29.9. The molecule has 1 aliphatic heterocycles. The van der Waals surface area contributed by atoms with E-state index in [-0.39, 0.29) is 60.3 Å². The van der Waals surface area contributed by atoms with E-state index in [9.17, 15) is 27.2 Å². The number of carbonyl (C=O) groups is 3. The maximum Gasteiger partial charge on any atom is 0.269 e. The number of halogens is 1. The van der Waals surface area contributed by atoms with E-state index in [4.69, 9.17) is 0 Å². The third-order valence-corrected chi connectivity index (χ3v) is 9.08. The van der Waals surface area contributed by atoms with Crippen molar-refractivity contribution in [2.45, 2.75) is 63.1 Å². The number of nitrogens with one attached hydrogen (secondary N) is 1. The van der Waals surface area contributed by atoms with Crippen molar-refractivity contribution in [3.63, 3.8) is 0 Å². The average molecular weight is 580 g/mol. The number of fused-ring (bicyclic) bond motifs is 1. The summed E-state index contributed by atoms with van der Waals surface area (Å²) in [5.74, 6) is -1.94. The summed E-state index contributed by atoms with van der Waals surface area (Å²) in [5, 5.41) is 2.95. The first-order chi connectivity index (χ1) is 19.6. The Morgan fingerprint density at radius 3 is 2.32 bits per heavy atom. The summed E-state index contributed by atoms with van der Waals surface area (Å²) in [6.07, 6.45) is 0.784. The zero-order chi connectivity index (χ0) is 29.6. The van der Waals surface area contributed by atoms with Gasteiger partial charge in [-0.2, -0.15) is 0 Å². The standard InChI is InChI=1S/C31H34FN3O5S/c1-3-22(2)33-30(37)27(20-23-12-5-4-6-13-23)34(21-24-14-7-9-16-26(24)32)29(36)18-11-19-35-31(38)25-15-8-10-17-28(25)41(35,39)40/h4-10,12-17,22,27H,3,11,18-21H2,1-2H3,(H,33,37). The number of rotatable bonds is 12. The van der Waals surface area contributed by atoms with Gasteiger partial charge in [0.25, 0.3) is 15.9 Å². The van der Waals surface area contributed by atoms with Crippen LogP contribution >= 0.6 is 0 Å². The van der Waals surface area contributed by atoms with Crippen LogP contribution in [0.3, 0.4) is 0 Å². The van der Waals surface area contributed by atoms with Crippen LogP contribution in [0.15, 0.2) is 83.8 Å². The van der Waals surface area contributed by atoms with Crippen molar-refractivity contribution in [1.29, 1.82) is 0 Å². The fourth-order valence-electron chi connectivity index (χ4n) is 4.77. The number of carbonyl (C=O) groups excluding carboxylic acids is 3. The van der Waals surface area contributed by atoms with E-state index >= 15 is 0 Å². The van der Waals surface area contributed by atoms with E-state index < -0.39 is 33.7 Å². The maximum atomic E-state index is 14.7. The molecule has 8 nitrogen and oxygen atoms in total. The molecule has 41 heavy (non-hydrogen) atoms. The third kappa shape index (κ3) is 6.82. The Hall–Kier alpha value is -4.05. The molecular weight excluding hydrogens is 545 g/mol. The van der Waals surface area contributed by atoms with Crippen LogP contribution in [-0.2, 0) is 32.6 Å². The van der Waals surface area contributed by atoms with Crippen LogP contribution in [0.1, 0.15) is 54.6 Å². The number of nitrogens with zero attached hydrogens (tertiary/aromatic N) is 2. The van der Waals surface area contributed by atoms with E-state index in [1.807, 2.05) is 44.2 Å². The van der Waals surface area contributed by atoms with Gasteiger partial charge in [-0.05, 0) is 43.5 Å². The summed E-state index contributed by atoms with van der Waals surface area (Å²) >= 11 is 0. The van der Waals surface area contributed by atoms with Gasteiger partial charge in [-0.25, -0.2) is 17.1 Å². The van der Waals surface area contributed by atoms with E-state index in [1.165, 1.54) is 23.1 Å². The van der Waals surface area contributed by atoms with Crippen LogP contribution in [0.25, 0.3) is 0 Å². The highest BCUT2D eigenvalue weighted by atomic mass is 32.2. The summed E-state index contributed by atoms with van der Waals surface area (Å²) in [4.78, 5) is 41.4. The quantitative estimate of drug-likeness (QED) is 0.345. The Morgan fingerprint density at radius 1 is 0.976 bits per heavy atom. The highest BCUT2D eigenvalue weighted by molar-refractivity contribution is 7.90. The third-order valence-electron chi connectivity index (χ3n) is 7.23. The molecule has 1 aliphatic rings. The lowest BCUT2D eigenvalue weighted by Gasteiger charge is -2.32. The van der Waals surface area contributed by atoms with Gasteiger partial charge in [0, 0.05) is 37.5 Å². The second-order valence-electron chi connectivity index (χ2n) is 10.1. The van der Waals surface area contributed by atoms with Gasteiger partial charge in [0.2, 0.25) is 11.8 Å². The molecule has 0 spiro atoms. The molecule has 0 bridgehead atoms. The number of hydrogen-bond acceptors (Lipinski definition) is 5. The van der Waals surface area contributed by atoms with Gasteiger partial charge < -0.3 is 10.2 Å². The Labute approximate surface area is 240 Å². The zero-order valence-corrected chi connectivity index (χ0v) is 23.9. The molecule has 0 fully saturated rings. The molecule has 2 atom stereocenters. The number of amides is 3. The maximum absolute atomic E-state index is 14.7. The first-order valence-electron chi connectivity index (χ1n) is 13.7. The van der Waals surface area contributed by atoms with Crippen molar-refractivity contribution in [2.24, 2.45) is 0 Å². The molecule has 0 saturated carbocycles. The predicted octanol–water partition coefficient (Wildman–Crippen LogP) is 4.31. The minimum absolute atomic E-state index is 0.0383. The van der Waals surface area contributed by atoms with Gasteiger partial charge in [-0.3, -0.25) is 14.4 Å². The molecule has 4 rings (SSSR count). The van der Waals surface area contributed by atoms with Gasteiger partial charge in [-0.15, -0.1) is 0 Å². The zero-order valence-electron chi connectivity index (χ0n) is 23.1. The average Bonchev–Trinajstić information content (AvgIpc) is 3.16. The molecule has 3 aromatic rings. The SMILES string of the molecule is CCC(C)NC(=O)C(Cc1ccccc1)N(Cc1ccccc1F)C(=O)CCCN1C(=O)c2ccccc2S1(=O)=O. The van der Waals surface area contributed by atoms with Crippen molar-refractivity contribution in [3.8, 4) is 0 Å². The number of sulfonamides is 1. The molecule has 1 heterocycles. The predicted molar refractivity (Wildman–Crippen MR) is 153 cm³/mol. The molecule has 10 heteroatoms. The molecule has 0 aliphatic carbocycles.